The lowest BCUT2D eigenvalue weighted by atomic mass is 10.1. The van der Waals surface area contributed by atoms with E-state index in [2.05, 4.69) is 5.32 Å². The number of amides is 1. The lowest BCUT2D eigenvalue weighted by molar-refractivity contribution is -0.115. The summed E-state index contributed by atoms with van der Waals surface area (Å²) in [5.74, 6) is -0.431. The number of anilines is 1. The molecule has 1 aromatic carbocycles. The lowest BCUT2D eigenvalue weighted by Gasteiger charge is -2.04. The van der Waals surface area contributed by atoms with Gasteiger partial charge in [0, 0.05) is 12.1 Å². The molecule has 0 spiro atoms. The van der Waals surface area contributed by atoms with Crippen molar-refractivity contribution in [1.82, 2.24) is 0 Å². The lowest BCUT2D eigenvalue weighted by Crippen LogP contribution is -2.04. The fourth-order valence-electron chi connectivity index (χ4n) is 1.66. The molecule has 0 radical (unpaired) electrons. The molecular formula is C11H11FN2O. The number of carbonyl (C=O) groups excluding carboxylic acids is 1. The molecular weight excluding hydrogens is 195 g/mol. The Morgan fingerprint density at radius 2 is 2.33 bits per heavy atom. The number of nitrogens with two attached hydrogens (primary N) is 1. The van der Waals surface area contributed by atoms with Crippen molar-refractivity contribution in [2.75, 3.05) is 11.9 Å². The monoisotopic (exact) mass is 206 g/mol. The molecule has 1 aliphatic heterocycles. The van der Waals surface area contributed by atoms with Gasteiger partial charge in [-0.25, -0.2) is 4.39 Å². The number of halogens is 1. The summed E-state index contributed by atoms with van der Waals surface area (Å²) in [6.45, 7) is 0.388. The van der Waals surface area contributed by atoms with E-state index in [-0.39, 0.29) is 18.1 Å². The number of benzene rings is 1. The van der Waals surface area contributed by atoms with Gasteiger partial charge in [-0.3, -0.25) is 4.79 Å². The van der Waals surface area contributed by atoms with Crippen LogP contribution in [0.4, 0.5) is 10.1 Å². The zero-order valence-corrected chi connectivity index (χ0v) is 8.09. The molecule has 1 heterocycles. The predicted octanol–water partition coefficient (Wildman–Crippen LogP) is 1.29. The Balaban J connectivity index is 2.47. The zero-order valence-electron chi connectivity index (χ0n) is 8.09. The number of hydrogen-bond acceptors (Lipinski definition) is 2. The zero-order chi connectivity index (χ0) is 10.8. The third-order valence-electron chi connectivity index (χ3n) is 2.26. The highest BCUT2D eigenvalue weighted by molar-refractivity contribution is 6.01. The molecule has 1 aliphatic rings. The second-order valence-corrected chi connectivity index (χ2v) is 3.39. The van der Waals surface area contributed by atoms with E-state index in [1.807, 2.05) is 0 Å². The molecule has 0 bridgehead atoms. The molecule has 0 saturated heterocycles. The third kappa shape index (κ3) is 1.89. The van der Waals surface area contributed by atoms with Gasteiger partial charge in [0.1, 0.15) is 5.82 Å². The quantitative estimate of drug-likeness (QED) is 0.766. The van der Waals surface area contributed by atoms with Crippen LogP contribution in [0.25, 0.3) is 6.08 Å². The van der Waals surface area contributed by atoms with Crippen LogP contribution >= 0.6 is 0 Å². The normalized spacial score (nSPS) is 14.4. The number of carbonyl (C=O) groups is 1. The average Bonchev–Trinajstić information content (AvgIpc) is 2.54. The summed E-state index contributed by atoms with van der Waals surface area (Å²) in [6, 6.07) is 2.77. The van der Waals surface area contributed by atoms with E-state index in [9.17, 15) is 9.18 Å². The smallest absolute Gasteiger partial charge is 0.228 e. The van der Waals surface area contributed by atoms with Crippen molar-refractivity contribution < 1.29 is 9.18 Å². The number of nitrogens with one attached hydrogen (secondary N) is 1. The topological polar surface area (TPSA) is 55.1 Å². The number of fused-ring (bicyclic) bond motifs is 1. The molecule has 1 amide bonds. The average molecular weight is 206 g/mol. The van der Waals surface area contributed by atoms with E-state index in [1.165, 1.54) is 12.1 Å². The van der Waals surface area contributed by atoms with E-state index in [1.54, 1.807) is 12.2 Å². The Hall–Kier alpha value is -1.68. The van der Waals surface area contributed by atoms with Gasteiger partial charge in [0.25, 0.3) is 0 Å². The molecule has 2 rings (SSSR count). The molecule has 78 valence electrons. The van der Waals surface area contributed by atoms with Gasteiger partial charge < -0.3 is 11.1 Å². The van der Waals surface area contributed by atoms with Crippen LogP contribution in [0, 0.1) is 5.82 Å². The minimum atomic E-state index is -0.332. The van der Waals surface area contributed by atoms with Gasteiger partial charge in [-0.15, -0.1) is 0 Å². The van der Waals surface area contributed by atoms with Gasteiger partial charge in [0.05, 0.1) is 12.1 Å². The van der Waals surface area contributed by atoms with Crippen LogP contribution in [0.15, 0.2) is 18.2 Å². The Morgan fingerprint density at radius 3 is 3.07 bits per heavy atom. The van der Waals surface area contributed by atoms with Gasteiger partial charge in [-0.1, -0.05) is 12.2 Å². The van der Waals surface area contributed by atoms with Crippen molar-refractivity contribution in [1.29, 1.82) is 0 Å². The maximum atomic E-state index is 13.2. The summed E-state index contributed by atoms with van der Waals surface area (Å²) in [6.07, 6.45) is 3.68. The second kappa shape index (κ2) is 3.82. The van der Waals surface area contributed by atoms with Gasteiger partial charge in [-0.2, -0.15) is 0 Å². The standard InChI is InChI=1S/C11H11FN2O/c12-9-4-7(2-1-3-13)11-8(5-9)6-10(15)14-11/h1-2,4-5H,3,6,13H2,(H,14,15)/b2-1+. The molecule has 0 aromatic heterocycles. The minimum Gasteiger partial charge on any atom is -0.327 e. The summed E-state index contributed by atoms with van der Waals surface area (Å²) in [4.78, 5) is 11.2. The minimum absolute atomic E-state index is 0.0991. The van der Waals surface area contributed by atoms with Crippen LogP contribution < -0.4 is 11.1 Å². The first-order valence-corrected chi connectivity index (χ1v) is 4.69. The van der Waals surface area contributed by atoms with Gasteiger partial charge >= 0.3 is 0 Å². The van der Waals surface area contributed by atoms with E-state index < -0.39 is 0 Å². The van der Waals surface area contributed by atoms with E-state index in [4.69, 9.17) is 5.73 Å². The van der Waals surface area contributed by atoms with Crippen LogP contribution in [0.5, 0.6) is 0 Å². The van der Waals surface area contributed by atoms with Gasteiger partial charge in [0.15, 0.2) is 0 Å². The van der Waals surface area contributed by atoms with Crippen LogP contribution in [0.1, 0.15) is 11.1 Å². The fraction of sp³-hybridized carbons (Fsp3) is 0.182. The first-order chi connectivity index (χ1) is 7.20. The molecule has 1 aromatic rings. The van der Waals surface area contributed by atoms with E-state index in [0.717, 1.165) is 0 Å². The number of rotatable bonds is 2. The molecule has 0 fully saturated rings. The Bertz CT molecular complexity index is 440. The van der Waals surface area contributed by atoms with Crippen LogP contribution in [-0.4, -0.2) is 12.5 Å². The highest BCUT2D eigenvalue weighted by Gasteiger charge is 2.20. The summed E-state index contributed by atoms with van der Waals surface area (Å²) < 4.78 is 13.2. The van der Waals surface area contributed by atoms with E-state index >= 15 is 0 Å². The van der Waals surface area contributed by atoms with Crippen LogP contribution in [-0.2, 0) is 11.2 Å². The van der Waals surface area contributed by atoms with Gasteiger partial charge in [0.2, 0.25) is 5.91 Å². The largest absolute Gasteiger partial charge is 0.327 e. The first kappa shape index (κ1) is 9.86. The second-order valence-electron chi connectivity index (χ2n) is 3.39. The first-order valence-electron chi connectivity index (χ1n) is 4.69. The molecule has 4 heteroatoms. The van der Waals surface area contributed by atoms with Crippen LogP contribution in [0.2, 0.25) is 0 Å². The van der Waals surface area contributed by atoms with Crippen molar-refractivity contribution in [3.05, 3.63) is 35.2 Å². The Morgan fingerprint density at radius 1 is 1.53 bits per heavy atom. The molecule has 0 saturated carbocycles. The van der Waals surface area contributed by atoms with Crippen molar-refractivity contribution in [2.24, 2.45) is 5.73 Å². The van der Waals surface area contributed by atoms with Crippen molar-refractivity contribution >= 4 is 17.7 Å². The SMILES string of the molecule is NC/C=C/c1cc(F)cc2c1NC(=O)C2. The van der Waals surface area contributed by atoms with E-state index in [0.29, 0.717) is 23.4 Å². The van der Waals surface area contributed by atoms with Crippen molar-refractivity contribution in [3.8, 4) is 0 Å². The highest BCUT2D eigenvalue weighted by atomic mass is 19.1. The summed E-state index contributed by atoms with van der Waals surface area (Å²) >= 11 is 0. The molecule has 3 nitrogen and oxygen atoms in total. The Labute approximate surface area is 86.8 Å². The fourth-order valence-corrected chi connectivity index (χ4v) is 1.66. The summed E-state index contributed by atoms with van der Waals surface area (Å²) in [5.41, 5.74) is 7.39. The molecule has 3 N–H and O–H groups in total. The summed E-state index contributed by atoms with van der Waals surface area (Å²) in [5, 5.41) is 2.70. The molecule has 0 atom stereocenters. The van der Waals surface area contributed by atoms with Crippen molar-refractivity contribution in [3.63, 3.8) is 0 Å². The molecule has 0 aliphatic carbocycles. The van der Waals surface area contributed by atoms with Crippen molar-refractivity contribution in [2.45, 2.75) is 6.42 Å². The molecule has 0 unspecified atom stereocenters. The summed E-state index contributed by atoms with van der Waals surface area (Å²) in [7, 11) is 0. The van der Waals surface area contributed by atoms with Crippen LogP contribution in [0.3, 0.4) is 0 Å². The van der Waals surface area contributed by atoms with Gasteiger partial charge in [-0.05, 0) is 17.7 Å². The maximum absolute atomic E-state index is 13.2. The third-order valence-corrected chi connectivity index (χ3v) is 2.26. The molecule has 15 heavy (non-hydrogen) atoms. The predicted molar refractivity (Wildman–Crippen MR) is 56.8 cm³/mol. The number of hydrogen-bond donors (Lipinski definition) is 2. The Kier molecular flexibility index (Phi) is 2.51. The maximum Gasteiger partial charge on any atom is 0.228 e. The highest BCUT2D eigenvalue weighted by Crippen LogP contribution is 2.29.